The van der Waals surface area contributed by atoms with Gasteiger partial charge < -0.3 is 9.47 Å². The summed E-state index contributed by atoms with van der Waals surface area (Å²) in [6, 6.07) is 6.50. The molecule has 1 saturated heterocycles. The van der Waals surface area contributed by atoms with E-state index in [4.69, 9.17) is 9.47 Å². The molecule has 2 fully saturated rings. The average molecular weight is 410 g/mol. The van der Waals surface area contributed by atoms with Crippen molar-refractivity contribution in [2.75, 3.05) is 19.7 Å². The summed E-state index contributed by atoms with van der Waals surface area (Å²) in [5.41, 5.74) is 0. The summed E-state index contributed by atoms with van der Waals surface area (Å²) in [4.78, 5) is 12.8. The van der Waals surface area contributed by atoms with Crippen LogP contribution in [0.3, 0.4) is 0 Å². The number of piperidine rings is 1. The lowest BCUT2D eigenvalue weighted by atomic mass is 9.98. The molecule has 1 aliphatic carbocycles. The third-order valence-corrected chi connectivity index (χ3v) is 7.56. The van der Waals surface area contributed by atoms with Crippen molar-refractivity contribution in [3.63, 3.8) is 0 Å². The fourth-order valence-corrected chi connectivity index (χ4v) is 5.45. The Labute approximate surface area is 168 Å². The van der Waals surface area contributed by atoms with Crippen molar-refractivity contribution in [2.24, 2.45) is 5.92 Å². The number of benzene rings is 1. The minimum Gasteiger partial charge on any atom is -0.494 e. The highest BCUT2D eigenvalue weighted by molar-refractivity contribution is 7.89. The molecule has 0 aromatic heterocycles. The van der Waals surface area contributed by atoms with Crippen LogP contribution >= 0.6 is 0 Å². The van der Waals surface area contributed by atoms with Gasteiger partial charge >= 0.3 is 5.97 Å². The van der Waals surface area contributed by atoms with Gasteiger partial charge in [0, 0.05) is 13.1 Å². The quantitative estimate of drug-likeness (QED) is 0.528. The smallest absolute Gasteiger partial charge is 0.309 e. The highest BCUT2D eigenvalue weighted by Crippen LogP contribution is 2.27. The lowest BCUT2D eigenvalue weighted by Crippen LogP contribution is -2.41. The van der Waals surface area contributed by atoms with E-state index < -0.39 is 10.0 Å². The molecule has 0 unspecified atom stereocenters. The lowest BCUT2D eigenvalue weighted by Gasteiger charge is -2.31. The van der Waals surface area contributed by atoms with Crippen molar-refractivity contribution in [3.05, 3.63) is 24.3 Å². The van der Waals surface area contributed by atoms with Crippen molar-refractivity contribution >= 4 is 16.0 Å². The molecule has 1 aliphatic heterocycles. The summed E-state index contributed by atoms with van der Waals surface area (Å²) in [5.74, 6) is 0.307. The van der Waals surface area contributed by atoms with Crippen LogP contribution in [-0.2, 0) is 19.6 Å². The molecule has 0 radical (unpaired) electrons. The molecule has 0 N–H and O–H groups in total. The maximum absolute atomic E-state index is 12.9. The monoisotopic (exact) mass is 409 g/mol. The zero-order valence-corrected chi connectivity index (χ0v) is 17.5. The van der Waals surface area contributed by atoms with E-state index in [2.05, 4.69) is 0 Å². The number of esters is 1. The Morgan fingerprint density at radius 1 is 1.00 bits per heavy atom. The van der Waals surface area contributed by atoms with Gasteiger partial charge in [0.1, 0.15) is 11.9 Å². The van der Waals surface area contributed by atoms with Crippen molar-refractivity contribution in [1.29, 1.82) is 0 Å². The van der Waals surface area contributed by atoms with Crippen LogP contribution < -0.4 is 4.74 Å². The topological polar surface area (TPSA) is 72.9 Å². The molecule has 1 saturated carbocycles. The summed E-state index contributed by atoms with van der Waals surface area (Å²) >= 11 is 0. The van der Waals surface area contributed by atoms with Gasteiger partial charge in [0.15, 0.2) is 0 Å². The van der Waals surface area contributed by atoms with Gasteiger partial charge in [-0.25, -0.2) is 8.42 Å². The van der Waals surface area contributed by atoms with E-state index in [1.165, 1.54) is 17.1 Å². The van der Waals surface area contributed by atoms with Crippen LogP contribution in [0.5, 0.6) is 5.75 Å². The minimum atomic E-state index is -3.55. The predicted molar refractivity (Wildman–Crippen MR) is 107 cm³/mol. The maximum Gasteiger partial charge on any atom is 0.309 e. The molecule has 1 aromatic rings. The number of carbonyl (C=O) groups is 1. The van der Waals surface area contributed by atoms with Crippen LogP contribution in [0, 0.1) is 5.92 Å². The Bertz CT molecular complexity index is 731. The number of nitrogens with zero attached hydrogens (tertiary/aromatic N) is 1. The second-order valence-corrected chi connectivity index (χ2v) is 9.57. The molecule has 0 spiro atoms. The molecule has 1 aromatic carbocycles. The van der Waals surface area contributed by atoms with E-state index in [1.54, 1.807) is 24.3 Å². The lowest BCUT2D eigenvalue weighted by molar-refractivity contribution is -0.156. The van der Waals surface area contributed by atoms with E-state index in [9.17, 15) is 13.2 Å². The molecular weight excluding hydrogens is 378 g/mol. The summed E-state index contributed by atoms with van der Waals surface area (Å²) in [5, 5.41) is 0. The van der Waals surface area contributed by atoms with Gasteiger partial charge in [-0.3, -0.25) is 4.79 Å². The van der Waals surface area contributed by atoms with E-state index >= 15 is 0 Å². The average Bonchev–Trinajstić information content (AvgIpc) is 2.97. The fourth-order valence-electron chi connectivity index (χ4n) is 3.98. The number of ether oxygens (including phenoxy) is 2. The van der Waals surface area contributed by atoms with Gasteiger partial charge in [-0.2, -0.15) is 4.31 Å². The number of rotatable bonds is 6. The molecule has 0 atom stereocenters. The van der Waals surface area contributed by atoms with Gasteiger partial charge in [-0.15, -0.1) is 0 Å². The third-order valence-electron chi connectivity index (χ3n) is 5.64. The second-order valence-electron chi connectivity index (χ2n) is 7.63. The third kappa shape index (κ3) is 5.26. The largest absolute Gasteiger partial charge is 0.494 e. The molecule has 28 heavy (non-hydrogen) atoms. The highest BCUT2D eigenvalue weighted by Gasteiger charge is 2.33. The fraction of sp³-hybridized carbons (Fsp3) is 0.667. The first kappa shape index (κ1) is 21.1. The van der Waals surface area contributed by atoms with Crippen molar-refractivity contribution < 1.29 is 22.7 Å². The highest BCUT2D eigenvalue weighted by atomic mass is 32.2. The van der Waals surface area contributed by atoms with Crippen LogP contribution in [0.1, 0.15) is 58.3 Å². The van der Waals surface area contributed by atoms with Crippen molar-refractivity contribution in [1.82, 2.24) is 4.31 Å². The first-order valence-electron chi connectivity index (χ1n) is 10.4. The molecule has 1 heterocycles. The Kier molecular flexibility index (Phi) is 7.35. The van der Waals surface area contributed by atoms with Gasteiger partial charge in [0.2, 0.25) is 10.0 Å². The van der Waals surface area contributed by atoms with Gasteiger partial charge in [-0.1, -0.05) is 12.8 Å². The summed E-state index contributed by atoms with van der Waals surface area (Å²) < 4.78 is 38.3. The van der Waals surface area contributed by atoms with Gasteiger partial charge in [0.05, 0.1) is 17.4 Å². The van der Waals surface area contributed by atoms with E-state index in [0.717, 1.165) is 25.7 Å². The second kappa shape index (κ2) is 9.74. The number of hydrogen-bond donors (Lipinski definition) is 0. The van der Waals surface area contributed by atoms with Crippen LogP contribution in [0.2, 0.25) is 0 Å². The first-order chi connectivity index (χ1) is 13.5. The Morgan fingerprint density at radius 2 is 1.61 bits per heavy atom. The van der Waals surface area contributed by atoms with Crippen molar-refractivity contribution in [2.45, 2.75) is 69.3 Å². The molecule has 3 rings (SSSR count). The normalized spacial score (nSPS) is 20.5. The number of carbonyl (C=O) groups excluding carboxylic acids is 1. The van der Waals surface area contributed by atoms with E-state index in [0.29, 0.717) is 38.3 Å². The van der Waals surface area contributed by atoms with Crippen LogP contribution in [0.15, 0.2) is 29.2 Å². The first-order valence-corrected chi connectivity index (χ1v) is 11.9. The zero-order chi connectivity index (χ0) is 20.0. The maximum atomic E-state index is 12.9. The number of sulfonamides is 1. The number of hydrogen-bond acceptors (Lipinski definition) is 5. The summed E-state index contributed by atoms with van der Waals surface area (Å²) in [7, 11) is -3.55. The van der Waals surface area contributed by atoms with E-state index in [1.807, 2.05) is 6.92 Å². The molecule has 0 amide bonds. The molecule has 0 bridgehead atoms. The van der Waals surface area contributed by atoms with E-state index in [-0.39, 0.29) is 22.9 Å². The van der Waals surface area contributed by atoms with Crippen LogP contribution in [0.4, 0.5) is 0 Å². The predicted octanol–water partition coefficient (Wildman–Crippen LogP) is 3.75. The summed E-state index contributed by atoms with van der Waals surface area (Å²) in [6.45, 7) is 3.12. The Hall–Kier alpha value is -1.60. The molecule has 6 nitrogen and oxygen atoms in total. The van der Waals surface area contributed by atoms with Crippen LogP contribution in [0.25, 0.3) is 0 Å². The SMILES string of the molecule is CCOc1ccc(S(=O)(=O)N2CCC(C(=O)OC3CCCCCC3)CC2)cc1. The van der Waals surface area contributed by atoms with Gasteiger partial charge in [-0.05, 0) is 69.7 Å². The molecule has 2 aliphatic rings. The molecular formula is C21H31NO5S. The standard InChI is InChI=1S/C21H31NO5S/c1-2-26-18-9-11-20(12-10-18)28(24,25)22-15-13-17(14-16-22)21(23)27-19-7-5-3-4-6-8-19/h9-12,17,19H,2-8,13-16H2,1H3. The zero-order valence-electron chi connectivity index (χ0n) is 16.6. The Morgan fingerprint density at radius 3 is 2.18 bits per heavy atom. The molecule has 7 heteroatoms. The molecule has 156 valence electrons. The summed E-state index contributed by atoms with van der Waals surface area (Å²) in [6.07, 6.45) is 7.66. The minimum absolute atomic E-state index is 0.0422. The van der Waals surface area contributed by atoms with Crippen LogP contribution in [-0.4, -0.2) is 44.5 Å². The van der Waals surface area contributed by atoms with Crippen molar-refractivity contribution in [3.8, 4) is 5.75 Å². The Balaban J connectivity index is 1.54. The van der Waals surface area contributed by atoms with Gasteiger partial charge in [0.25, 0.3) is 0 Å².